The molecule has 0 atom stereocenters. The molecule has 0 unspecified atom stereocenters. The fraction of sp³-hybridized carbons (Fsp3) is 0.200. The Balaban J connectivity index is 1.66. The van der Waals surface area contributed by atoms with E-state index < -0.39 is 0 Å². The normalized spacial score (nSPS) is 14.1. The van der Waals surface area contributed by atoms with E-state index in [4.69, 9.17) is 4.74 Å². The summed E-state index contributed by atoms with van der Waals surface area (Å²) < 4.78 is 7.55. The van der Waals surface area contributed by atoms with Gasteiger partial charge in [0.15, 0.2) is 5.65 Å². The number of nitrogens with zero attached hydrogens (tertiary/aromatic N) is 3. The van der Waals surface area contributed by atoms with Gasteiger partial charge >= 0.3 is 0 Å². The number of hydrogen-bond acceptors (Lipinski definition) is 4. The molecule has 0 radical (unpaired) electrons. The molecule has 5 heteroatoms. The van der Waals surface area contributed by atoms with Gasteiger partial charge in [0.25, 0.3) is 0 Å². The lowest BCUT2D eigenvalue weighted by atomic mass is 10.1. The summed E-state index contributed by atoms with van der Waals surface area (Å²) in [5.41, 5.74) is 5.26. The zero-order valence-electron chi connectivity index (χ0n) is 14.2. The van der Waals surface area contributed by atoms with Gasteiger partial charge in [-0.25, -0.2) is 9.50 Å². The highest BCUT2D eigenvalue weighted by atomic mass is 32.2. The van der Waals surface area contributed by atoms with Gasteiger partial charge in [-0.3, -0.25) is 0 Å². The van der Waals surface area contributed by atoms with Gasteiger partial charge in [-0.2, -0.15) is 5.10 Å². The van der Waals surface area contributed by atoms with E-state index in [1.807, 2.05) is 49.1 Å². The number of rotatable bonds is 4. The zero-order valence-corrected chi connectivity index (χ0v) is 15.0. The van der Waals surface area contributed by atoms with Crippen LogP contribution >= 0.6 is 11.8 Å². The number of allylic oxidation sites excluding steroid dienone is 2. The number of thioether (sulfide) groups is 1. The van der Waals surface area contributed by atoms with E-state index in [9.17, 15) is 0 Å². The molecule has 3 aromatic rings. The van der Waals surface area contributed by atoms with Gasteiger partial charge in [-0.1, -0.05) is 18.2 Å². The zero-order chi connectivity index (χ0) is 17.2. The van der Waals surface area contributed by atoms with E-state index in [0.29, 0.717) is 0 Å². The van der Waals surface area contributed by atoms with Crippen molar-refractivity contribution in [1.29, 1.82) is 0 Å². The largest absolute Gasteiger partial charge is 0.491 e. The summed E-state index contributed by atoms with van der Waals surface area (Å²) in [6.07, 6.45) is 10.3. The van der Waals surface area contributed by atoms with Gasteiger partial charge in [0.05, 0.1) is 12.3 Å². The van der Waals surface area contributed by atoms with Crippen molar-refractivity contribution in [3.8, 4) is 16.9 Å². The molecule has 0 amide bonds. The van der Waals surface area contributed by atoms with E-state index in [0.717, 1.165) is 33.8 Å². The van der Waals surface area contributed by atoms with Crippen LogP contribution in [-0.2, 0) is 0 Å². The van der Waals surface area contributed by atoms with Crippen LogP contribution in [0.5, 0.6) is 5.75 Å². The Labute approximate surface area is 151 Å². The summed E-state index contributed by atoms with van der Waals surface area (Å²) in [7, 11) is 0. The standard InChI is InChI=1S/C20H19N3OS/c1-14(2)24-18-5-3-15(4-6-18)17-11-21-20-19(12-22-23(20)13-17)16-7-9-25-10-8-16/h3-9,11-14H,10H2,1-2H3. The summed E-state index contributed by atoms with van der Waals surface area (Å²) in [5, 5.41) is 6.60. The first-order valence-electron chi connectivity index (χ1n) is 8.30. The Kier molecular flexibility index (Phi) is 4.32. The summed E-state index contributed by atoms with van der Waals surface area (Å²) in [6, 6.07) is 8.08. The lowest BCUT2D eigenvalue weighted by Gasteiger charge is -2.10. The van der Waals surface area contributed by atoms with Gasteiger partial charge < -0.3 is 4.74 Å². The second-order valence-corrected chi connectivity index (χ2v) is 7.09. The molecule has 2 aromatic heterocycles. The maximum atomic E-state index is 5.70. The predicted molar refractivity (Wildman–Crippen MR) is 104 cm³/mol. The average molecular weight is 349 g/mol. The van der Waals surface area contributed by atoms with Crippen LogP contribution in [0.25, 0.3) is 22.3 Å². The number of aromatic nitrogens is 3. The molecule has 0 saturated heterocycles. The van der Waals surface area contributed by atoms with E-state index in [2.05, 4.69) is 39.8 Å². The van der Waals surface area contributed by atoms with E-state index in [1.165, 1.54) is 5.57 Å². The number of benzene rings is 1. The molecule has 0 saturated carbocycles. The first-order chi connectivity index (χ1) is 12.2. The summed E-state index contributed by atoms with van der Waals surface area (Å²) in [6.45, 7) is 4.05. The molecule has 25 heavy (non-hydrogen) atoms. The molecule has 126 valence electrons. The van der Waals surface area contributed by atoms with Crippen LogP contribution in [0.2, 0.25) is 0 Å². The van der Waals surface area contributed by atoms with E-state index in [1.54, 1.807) is 11.8 Å². The number of ether oxygens (including phenoxy) is 1. The highest BCUT2D eigenvalue weighted by Crippen LogP contribution is 2.27. The second-order valence-electron chi connectivity index (χ2n) is 6.16. The van der Waals surface area contributed by atoms with Crippen molar-refractivity contribution >= 4 is 23.0 Å². The lowest BCUT2D eigenvalue weighted by Crippen LogP contribution is -2.05. The third-order valence-electron chi connectivity index (χ3n) is 3.97. The van der Waals surface area contributed by atoms with Crippen molar-refractivity contribution in [3.63, 3.8) is 0 Å². The fourth-order valence-electron chi connectivity index (χ4n) is 2.81. The molecule has 4 nitrogen and oxygen atoms in total. The second kappa shape index (κ2) is 6.76. The van der Waals surface area contributed by atoms with Crippen LogP contribution in [-0.4, -0.2) is 26.5 Å². The monoisotopic (exact) mass is 349 g/mol. The SMILES string of the molecule is CC(C)Oc1ccc(-c2cnc3c(C4=CCSC=C4)cnn3c2)cc1. The highest BCUT2D eigenvalue weighted by Gasteiger charge is 2.11. The fourth-order valence-corrected chi connectivity index (χ4v) is 3.44. The minimum atomic E-state index is 0.174. The molecule has 0 fully saturated rings. The molecule has 3 heterocycles. The van der Waals surface area contributed by atoms with E-state index >= 15 is 0 Å². The van der Waals surface area contributed by atoms with Gasteiger partial charge in [0.2, 0.25) is 0 Å². The molecule has 1 aliphatic heterocycles. The molecule has 1 aliphatic rings. The first kappa shape index (κ1) is 16.0. The quantitative estimate of drug-likeness (QED) is 0.676. The van der Waals surface area contributed by atoms with Crippen molar-refractivity contribution in [1.82, 2.24) is 14.6 Å². The average Bonchev–Trinajstić information content (AvgIpc) is 3.06. The molecular weight excluding hydrogens is 330 g/mol. The van der Waals surface area contributed by atoms with Crippen LogP contribution in [0.15, 0.2) is 60.4 Å². The van der Waals surface area contributed by atoms with Crippen LogP contribution in [0, 0.1) is 0 Å². The van der Waals surface area contributed by atoms with Crippen molar-refractivity contribution in [3.05, 3.63) is 66.0 Å². The molecule has 0 spiro atoms. The third kappa shape index (κ3) is 3.33. The Morgan fingerprint density at radius 1 is 1.12 bits per heavy atom. The Morgan fingerprint density at radius 3 is 2.68 bits per heavy atom. The predicted octanol–water partition coefficient (Wildman–Crippen LogP) is 4.83. The molecular formula is C20H19N3OS. The van der Waals surface area contributed by atoms with Crippen LogP contribution in [0.3, 0.4) is 0 Å². The van der Waals surface area contributed by atoms with Gasteiger partial charge in [-0.05, 0) is 48.6 Å². The Hall–Kier alpha value is -2.53. The topological polar surface area (TPSA) is 39.4 Å². The number of fused-ring (bicyclic) bond motifs is 1. The molecule has 0 bridgehead atoms. The van der Waals surface area contributed by atoms with Gasteiger partial charge in [0.1, 0.15) is 5.75 Å². The van der Waals surface area contributed by atoms with Crippen LogP contribution in [0.1, 0.15) is 19.4 Å². The third-order valence-corrected chi connectivity index (χ3v) is 4.66. The maximum absolute atomic E-state index is 5.70. The molecule has 0 N–H and O–H groups in total. The first-order valence-corrected chi connectivity index (χ1v) is 9.35. The van der Waals surface area contributed by atoms with Crippen LogP contribution < -0.4 is 4.74 Å². The van der Waals surface area contributed by atoms with Gasteiger partial charge in [0, 0.05) is 29.3 Å². The summed E-state index contributed by atoms with van der Waals surface area (Å²) in [5.74, 6) is 1.87. The smallest absolute Gasteiger partial charge is 0.162 e. The Bertz CT molecular complexity index is 955. The molecule has 0 aliphatic carbocycles. The maximum Gasteiger partial charge on any atom is 0.162 e. The molecule has 4 rings (SSSR count). The molecule has 1 aromatic carbocycles. The Morgan fingerprint density at radius 2 is 1.96 bits per heavy atom. The minimum absolute atomic E-state index is 0.174. The summed E-state index contributed by atoms with van der Waals surface area (Å²) >= 11 is 1.79. The van der Waals surface area contributed by atoms with Crippen molar-refractivity contribution < 1.29 is 4.74 Å². The highest BCUT2D eigenvalue weighted by molar-refractivity contribution is 8.02. The summed E-state index contributed by atoms with van der Waals surface area (Å²) in [4.78, 5) is 4.65. The lowest BCUT2D eigenvalue weighted by molar-refractivity contribution is 0.242. The van der Waals surface area contributed by atoms with Crippen molar-refractivity contribution in [2.24, 2.45) is 0 Å². The van der Waals surface area contributed by atoms with Crippen molar-refractivity contribution in [2.45, 2.75) is 20.0 Å². The van der Waals surface area contributed by atoms with Gasteiger partial charge in [-0.15, -0.1) is 11.8 Å². The van der Waals surface area contributed by atoms with Crippen molar-refractivity contribution in [2.75, 3.05) is 5.75 Å². The van der Waals surface area contributed by atoms with Crippen LogP contribution in [0.4, 0.5) is 0 Å². The number of hydrogen-bond donors (Lipinski definition) is 0. The van der Waals surface area contributed by atoms with E-state index in [-0.39, 0.29) is 6.10 Å². The minimum Gasteiger partial charge on any atom is -0.491 e.